The highest BCUT2D eigenvalue weighted by molar-refractivity contribution is 6.30. The molecule has 7 heteroatoms. The van der Waals surface area contributed by atoms with Crippen LogP contribution >= 0.6 is 11.6 Å². The molecule has 0 aromatic heterocycles. The van der Waals surface area contributed by atoms with Crippen molar-refractivity contribution in [2.45, 2.75) is 18.9 Å². The standard InChI is InChI=1S/C19H20ClN3O3/c1-26-16-10-8-14(9-11-16)21-18(24)17-3-2-12-23(17)19(25)22-15-6-4-13(20)5-7-15/h4-11,17H,2-3,12H2,1H3,(H,21,24)(H,22,25)/t17-/m1/s1. The summed E-state index contributed by atoms with van der Waals surface area (Å²) in [5.74, 6) is 0.520. The van der Waals surface area contributed by atoms with Crippen molar-refractivity contribution < 1.29 is 14.3 Å². The second-order valence-electron chi connectivity index (χ2n) is 6.01. The van der Waals surface area contributed by atoms with Gasteiger partial charge < -0.3 is 20.3 Å². The van der Waals surface area contributed by atoms with Gasteiger partial charge in [-0.2, -0.15) is 0 Å². The van der Waals surface area contributed by atoms with Crippen LogP contribution in [0.15, 0.2) is 48.5 Å². The van der Waals surface area contributed by atoms with Gasteiger partial charge in [-0.05, 0) is 61.4 Å². The molecule has 2 N–H and O–H groups in total. The summed E-state index contributed by atoms with van der Waals surface area (Å²) in [5, 5.41) is 6.26. The Morgan fingerprint density at radius 3 is 2.31 bits per heavy atom. The maximum Gasteiger partial charge on any atom is 0.322 e. The minimum atomic E-state index is -0.496. The van der Waals surface area contributed by atoms with Crippen molar-refractivity contribution in [3.63, 3.8) is 0 Å². The number of ether oxygens (including phenoxy) is 1. The zero-order valence-electron chi connectivity index (χ0n) is 14.4. The quantitative estimate of drug-likeness (QED) is 0.851. The lowest BCUT2D eigenvalue weighted by Gasteiger charge is -2.24. The highest BCUT2D eigenvalue weighted by atomic mass is 35.5. The fraction of sp³-hybridized carbons (Fsp3) is 0.263. The van der Waals surface area contributed by atoms with E-state index in [0.717, 1.165) is 6.42 Å². The van der Waals surface area contributed by atoms with E-state index in [4.69, 9.17) is 16.3 Å². The van der Waals surface area contributed by atoms with Crippen LogP contribution in [0.3, 0.4) is 0 Å². The largest absolute Gasteiger partial charge is 0.497 e. The Hall–Kier alpha value is -2.73. The Kier molecular flexibility index (Phi) is 5.63. The summed E-state index contributed by atoms with van der Waals surface area (Å²) in [4.78, 5) is 26.7. The van der Waals surface area contributed by atoms with Gasteiger partial charge in [-0.15, -0.1) is 0 Å². The van der Waals surface area contributed by atoms with Gasteiger partial charge in [-0.1, -0.05) is 11.6 Å². The Labute approximate surface area is 157 Å². The van der Waals surface area contributed by atoms with E-state index >= 15 is 0 Å². The van der Waals surface area contributed by atoms with Crippen LogP contribution < -0.4 is 15.4 Å². The molecule has 1 aliphatic heterocycles. The first-order valence-corrected chi connectivity index (χ1v) is 8.73. The summed E-state index contributed by atoms with van der Waals surface area (Å²) in [6.07, 6.45) is 1.42. The third-order valence-corrected chi connectivity index (χ3v) is 4.52. The molecule has 2 aromatic carbocycles. The fourth-order valence-corrected chi connectivity index (χ4v) is 3.04. The first kappa shape index (κ1) is 18.1. The summed E-state index contributed by atoms with van der Waals surface area (Å²) in [6, 6.07) is 13.2. The number of methoxy groups -OCH3 is 1. The molecule has 6 nitrogen and oxygen atoms in total. The van der Waals surface area contributed by atoms with E-state index in [1.807, 2.05) is 0 Å². The van der Waals surface area contributed by atoms with Gasteiger partial charge in [0.2, 0.25) is 5.91 Å². The van der Waals surface area contributed by atoms with Gasteiger partial charge >= 0.3 is 6.03 Å². The first-order chi connectivity index (χ1) is 12.6. The number of benzene rings is 2. The average Bonchev–Trinajstić information content (AvgIpc) is 3.14. The van der Waals surface area contributed by atoms with Gasteiger partial charge in [0.05, 0.1) is 7.11 Å². The SMILES string of the molecule is COc1ccc(NC(=O)[C@H]2CCCN2C(=O)Nc2ccc(Cl)cc2)cc1. The Morgan fingerprint density at radius 2 is 1.65 bits per heavy atom. The van der Waals surface area contributed by atoms with Crippen LogP contribution in [0.5, 0.6) is 5.75 Å². The second kappa shape index (κ2) is 8.10. The van der Waals surface area contributed by atoms with Crippen molar-refractivity contribution in [3.05, 3.63) is 53.6 Å². The number of urea groups is 1. The van der Waals surface area contributed by atoms with Crippen molar-refractivity contribution in [1.82, 2.24) is 4.90 Å². The molecule has 0 spiro atoms. The number of hydrogen-bond donors (Lipinski definition) is 2. The smallest absolute Gasteiger partial charge is 0.322 e. The van der Waals surface area contributed by atoms with Crippen molar-refractivity contribution in [2.24, 2.45) is 0 Å². The fourth-order valence-electron chi connectivity index (χ4n) is 2.91. The summed E-state index contributed by atoms with van der Waals surface area (Å²) in [7, 11) is 1.59. The number of carbonyl (C=O) groups excluding carboxylic acids is 2. The Morgan fingerprint density at radius 1 is 1.04 bits per heavy atom. The molecule has 1 heterocycles. The van der Waals surface area contributed by atoms with E-state index in [2.05, 4.69) is 10.6 Å². The van der Waals surface area contributed by atoms with Crippen LogP contribution in [-0.4, -0.2) is 36.5 Å². The van der Waals surface area contributed by atoms with Gasteiger partial charge in [-0.3, -0.25) is 4.79 Å². The van der Waals surface area contributed by atoms with Crippen LogP contribution in [0.25, 0.3) is 0 Å². The van der Waals surface area contributed by atoms with Crippen LogP contribution in [0.1, 0.15) is 12.8 Å². The summed E-state index contributed by atoms with van der Waals surface area (Å²) >= 11 is 5.85. The molecule has 1 aliphatic rings. The van der Waals surface area contributed by atoms with Crippen molar-refractivity contribution in [3.8, 4) is 5.75 Å². The maximum absolute atomic E-state index is 12.6. The van der Waals surface area contributed by atoms with Crippen LogP contribution in [-0.2, 0) is 4.79 Å². The summed E-state index contributed by atoms with van der Waals surface area (Å²) < 4.78 is 5.10. The van der Waals surface area contributed by atoms with E-state index < -0.39 is 6.04 Å². The van der Waals surface area contributed by atoms with Crippen molar-refractivity contribution in [2.75, 3.05) is 24.3 Å². The third-order valence-electron chi connectivity index (χ3n) is 4.27. The third kappa shape index (κ3) is 4.26. The Balaban J connectivity index is 1.63. The van der Waals surface area contributed by atoms with E-state index in [1.165, 1.54) is 0 Å². The highest BCUT2D eigenvalue weighted by Crippen LogP contribution is 2.22. The predicted octanol–water partition coefficient (Wildman–Crippen LogP) is 3.98. The molecule has 0 radical (unpaired) electrons. The number of likely N-dealkylation sites (tertiary alicyclic amines) is 1. The predicted molar refractivity (Wildman–Crippen MR) is 102 cm³/mol. The minimum absolute atomic E-state index is 0.195. The number of rotatable bonds is 4. The van der Waals surface area contributed by atoms with Gasteiger partial charge in [0, 0.05) is 22.9 Å². The summed E-state index contributed by atoms with van der Waals surface area (Å²) in [6.45, 7) is 0.542. The lowest BCUT2D eigenvalue weighted by molar-refractivity contribution is -0.119. The number of amides is 3. The summed E-state index contributed by atoms with van der Waals surface area (Å²) in [5.41, 5.74) is 1.31. The van der Waals surface area contributed by atoms with Crippen LogP contribution in [0.4, 0.5) is 16.2 Å². The van der Waals surface area contributed by atoms with Crippen LogP contribution in [0.2, 0.25) is 5.02 Å². The molecule has 0 bridgehead atoms. The molecule has 3 amide bonds. The molecule has 3 rings (SSSR count). The first-order valence-electron chi connectivity index (χ1n) is 8.35. The topological polar surface area (TPSA) is 70.7 Å². The zero-order chi connectivity index (χ0) is 18.5. The minimum Gasteiger partial charge on any atom is -0.497 e. The lowest BCUT2D eigenvalue weighted by Crippen LogP contribution is -2.45. The highest BCUT2D eigenvalue weighted by Gasteiger charge is 2.34. The second-order valence-corrected chi connectivity index (χ2v) is 6.44. The van der Waals surface area contributed by atoms with Crippen LogP contribution in [0, 0.1) is 0 Å². The lowest BCUT2D eigenvalue weighted by atomic mass is 10.2. The number of nitrogens with zero attached hydrogens (tertiary/aromatic N) is 1. The van der Waals surface area contributed by atoms with Gasteiger partial charge in [0.25, 0.3) is 0 Å². The Bertz CT molecular complexity index is 778. The van der Waals surface area contributed by atoms with Gasteiger partial charge in [0.15, 0.2) is 0 Å². The zero-order valence-corrected chi connectivity index (χ0v) is 15.1. The van der Waals surface area contributed by atoms with E-state index in [1.54, 1.807) is 60.5 Å². The monoisotopic (exact) mass is 373 g/mol. The van der Waals surface area contributed by atoms with E-state index in [-0.39, 0.29) is 11.9 Å². The molecule has 1 fully saturated rings. The number of nitrogens with one attached hydrogen (secondary N) is 2. The number of halogens is 1. The molecule has 0 aliphatic carbocycles. The number of anilines is 2. The molecule has 136 valence electrons. The molecular weight excluding hydrogens is 354 g/mol. The van der Waals surface area contributed by atoms with Crippen molar-refractivity contribution >= 4 is 34.9 Å². The van der Waals surface area contributed by atoms with E-state index in [0.29, 0.717) is 35.1 Å². The number of carbonyl (C=O) groups is 2. The maximum atomic E-state index is 12.6. The molecule has 2 aromatic rings. The molecule has 0 unspecified atom stereocenters. The van der Waals surface area contributed by atoms with Gasteiger partial charge in [0.1, 0.15) is 11.8 Å². The molecule has 26 heavy (non-hydrogen) atoms. The molecule has 1 atom stereocenters. The van der Waals surface area contributed by atoms with Crippen molar-refractivity contribution in [1.29, 1.82) is 0 Å². The normalized spacial score (nSPS) is 16.2. The number of hydrogen-bond acceptors (Lipinski definition) is 3. The molecule has 0 saturated carbocycles. The molecular formula is C19H20ClN3O3. The average molecular weight is 374 g/mol. The van der Waals surface area contributed by atoms with Gasteiger partial charge in [-0.25, -0.2) is 4.79 Å². The molecule has 1 saturated heterocycles. The van der Waals surface area contributed by atoms with E-state index in [9.17, 15) is 9.59 Å².